The van der Waals surface area contributed by atoms with Gasteiger partial charge in [-0.2, -0.15) is 0 Å². The molecule has 3 rings (SSSR count). The molecule has 0 saturated carbocycles. The fraction of sp³-hybridized carbons (Fsp3) is 0.0625. The molecule has 0 amide bonds. The van der Waals surface area contributed by atoms with Crippen LogP contribution in [0.1, 0.15) is 5.69 Å². The molecule has 0 aliphatic heterocycles. The Morgan fingerprint density at radius 1 is 0.842 bits per heavy atom. The third-order valence-corrected chi connectivity index (χ3v) is 3.25. The quantitative estimate of drug-likeness (QED) is 0.642. The van der Waals surface area contributed by atoms with Crippen molar-refractivity contribution in [1.29, 1.82) is 0 Å². The number of hydrogen-bond donors (Lipinski definition) is 0. The molecule has 0 spiro atoms. The molecule has 19 heavy (non-hydrogen) atoms. The van der Waals surface area contributed by atoms with Crippen molar-refractivity contribution in [2.45, 2.75) is 5.88 Å². The Morgan fingerprint density at radius 3 is 2.11 bits per heavy atom. The van der Waals surface area contributed by atoms with Crippen molar-refractivity contribution in [2.75, 3.05) is 0 Å². The molecule has 3 heteroatoms. The van der Waals surface area contributed by atoms with Gasteiger partial charge in [0.2, 0.25) is 0 Å². The lowest BCUT2D eigenvalue weighted by Gasteiger charge is -2.02. The molecule has 3 aromatic rings. The minimum absolute atomic E-state index is 0.367. The molecule has 1 heterocycles. The van der Waals surface area contributed by atoms with Gasteiger partial charge in [-0.3, -0.25) is 0 Å². The molecule has 0 saturated heterocycles. The molecule has 0 aliphatic rings. The van der Waals surface area contributed by atoms with Crippen molar-refractivity contribution in [1.82, 2.24) is 5.16 Å². The predicted molar refractivity (Wildman–Crippen MR) is 76.9 cm³/mol. The molecule has 94 valence electrons. The first-order valence-corrected chi connectivity index (χ1v) is 6.58. The maximum Gasteiger partial charge on any atom is 0.167 e. The number of rotatable bonds is 3. The lowest BCUT2D eigenvalue weighted by atomic mass is 10.0. The van der Waals surface area contributed by atoms with Crippen LogP contribution >= 0.6 is 11.6 Å². The topological polar surface area (TPSA) is 26.0 Å². The Kier molecular flexibility index (Phi) is 3.34. The molecule has 0 unspecified atom stereocenters. The fourth-order valence-corrected chi connectivity index (χ4v) is 2.09. The highest BCUT2D eigenvalue weighted by Gasteiger charge is 2.06. The number of benzene rings is 2. The summed E-state index contributed by atoms with van der Waals surface area (Å²) in [5, 5.41) is 3.88. The monoisotopic (exact) mass is 269 g/mol. The highest BCUT2D eigenvalue weighted by atomic mass is 35.5. The first-order valence-electron chi connectivity index (χ1n) is 6.04. The van der Waals surface area contributed by atoms with Crippen LogP contribution < -0.4 is 0 Å². The zero-order valence-electron chi connectivity index (χ0n) is 10.2. The van der Waals surface area contributed by atoms with Gasteiger partial charge in [0.05, 0.1) is 11.6 Å². The average molecular weight is 270 g/mol. The van der Waals surface area contributed by atoms with E-state index in [4.69, 9.17) is 16.1 Å². The van der Waals surface area contributed by atoms with Crippen LogP contribution in [-0.4, -0.2) is 5.16 Å². The SMILES string of the molecule is ClCc1cc(-c2ccc(-c3ccccc3)cc2)on1. The highest BCUT2D eigenvalue weighted by Crippen LogP contribution is 2.25. The molecule has 1 aromatic heterocycles. The van der Waals surface area contributed by atoms with E-state index in [2.05, 4.69) is 29.4 Å². The third-order valence-electron chi connectivity index (χ3n) is 2.97. The molecular weight excluding hydrogens is 258 g/mol. The number of nitrogens with zero attached hydrogens (tertiary/aromatic N) is 1. The van der Waals surface area contributed by atoms with E-state index < -0.39 is 0 Å². The number of aromatic nitrogens is 1. The van der Waals surface area contributed by atoms with Gasteiger partial charge in [-0.1, -0.05) is 59.8 Å². The molecule has 0 aliphatic carbocycles. The molecular formula is C16H12ClNO. The predicted octanol–water partition coefficient (Wildman–Crippen LogP) is 4.75. The summed E-state index contributed by atoms with van der Waals surface area (Å²) in [6.07, 6.45) is 0. The van der Waals surface area contributed by atoms with Gasteiger partial charge in [0.1, 0.15) is 0 Å². The lowest BCUT2D eigenvalue weighted by Crippen LogP contribution is -1.78. The lowest BCUT2D eigenvalue weighted by molar-refractivity contribution is 0.426. The van der Waals surface area contributed by atoms with Gasteiger partial charge in [-0.05, 0) is 11.1 Å². The molecule has 0 fully saturated rings. The summed E-state index contributed by atoms with van der Waals surface area (Å²) in [5.74, 6) is 1.11. The third kappa shape index (κ3) is 2.54. The zero-order chi connectivity index (χ0) is 13.1. The average Bonchev–Trinajstić information content (AvgIpc) is 2.97. The van der Waals surface area contributed by atoms with Gasteiger partial charge >= 0.3 is 0 Å². The van der Waals surface area contributed by atoms with Crippen LogP contribution in [0.15, 0.2) is 65.2 Å². The smallest absolute Gasteiger partial charge is 0.167 e. The first kappa shape index (κ1) is 12.0. The van der Waals surface area contributed by atoms with Gasteiger partial charge in [0.25, 0.3) is 0 Å². The molecule has 0 N–H and O–H groups in total. The Bertz CT molecular complexity index is 659. The van der Waals surface area contributed by atoms with Crippen LogP contribution in [0.4, 0.5) is 0 Å². The van der Waals surface area contributed by atoms with Crippen LogP contribution in [0.3, 0.4) is 0 Å². The second-order valence-electron chi connectivity index (χ2n) is 4.26. The van der Waals surface area contributed by atoms with E-state index in [-0.39, 0.29) is 0 Å². The molecule has 2 aromatic carbocycles. The van der Waals surface area contributed by atoms with Crippen molar-refractivity contribution in [3.8, 4) is 22.5 Å². The summed E-state index contributed by atoms with van der Waals surface area (Å²) in [6.45, 7) is 0. The van der Waals surface area contributed by atoms with E-state index in [0.717, 1.165) is 17.0 Å². The van der Waals surface area contributed by atoms with E-state index in [1.807, 2.05) is 36.4 Å². The van der Waals surface area contributed by atoms with E-state index >= 15 is 0 Å². The fourth-order valence-electron chi connectivity index (χ4n) is 1.97. The van der Waals surface area contributed by atoms with Gasteiger partial charge in [0, 0.05) is 11.6 Å². The molecule has 0 bridgehead atoms. The largest absolute Gasteiger partial charge is 0.356 e. The minimum atomic E-state index is 0.367. The van der Waals surface area contributed by atoms with Crippen LogP contribution in [0, 0.1) is 0 Å². The summed E-state index contributed by atoms with van der Waals surface area (Å²) < 4.78 is 5.25. The van der Waals surface area contributed by atoms with E-state index in [1.165, 1.54) is 11.1 Å². The summed E-state index contributed by atoms with van der Waals surface area (Å²) >= 11 is 5.71. The minimum Gasteiger partial charge on any atom is -0.356 e. The van der Waals surface area contributed by atoms with E-state index in [9.17, 15) is 0 Å². The zero-order valence-corrected chi connectivity index (χ0v) is 11.0. The first-order chi connectivity index (χ1) is 9.36. The number of hydrogen-bond acceptors (Lipinski definition) is 2. The molecule has 0 radical (unpaired) electrons. The molecule has 0 atom stereocenters. The van der Waals surface area contributed by atoms with Gasteiger partial charge in [-0.15, -0.1) is 11.6 Å². The Morgan fingerprint density at radius 2 is 1.47 bits per heavy atom. The second-order valence-corrected chi connectivity index (χ2v) is 4.53. The van der Waals surface area contributed by atoms with Gasteiger partial charge < -0.3 is 4.52 Å². The number of alkyl halides is 1. The van der Waals surface area contributed by atoms with Gasteiger partial charge in [-0.25, -0.2) is 0 Å². The van der Waals surface area contributed by atoms with Crippen LogP contribution in [0.25, 0.3) is 22.5 Å². The highest BCUT2D eigenvalue weighted by molar-refractivity contribution is 6.16. The maximum atomic E-state index is 5.71. The second kappa shape index (κ2) is 5.29. The summed E-state index contributed by atoms with van der Waals surface area (Å²) in [7, 11) is 0. The van der Waals surface area contributed by atoms with E-state index in [1.54, 1.807) is 0 Å². The van der Waals surface area contributed by atoms with Crippen LogP contribution in [-0.2, 0) is 5.88 Å². The summed E-state index contributed by atoms with van der Waals surface area (Å²) in [4.78, 5) is 0. The normalized spacial score (nSPS) is 10.6. The van der Waals surface area contributed by atoms with Crippen molar-refractivity contribution < 1.29 is 4.52 Å². The number of halogens is 1. The Balaban J connectivity index is 1.90. The van der Waals surface area contributed by atoms with E-state index in [0.29, 0.717) is 5.88 Å². The van der Waals surface area contributed by atoms with Gasteiger partial charge in [0.15, 0.2) is 5.76 Å². The van der Waals surface area contributed by atoms with Crippen LogP contribution in [0.2, 0.25) is 0 Å². The van der Waals surface area contributed by atoms with Crippen molar-refractivity contribution in [2.24, 2.45) is 0 Å². The van der Waals surface area contributed by atoms with Crippen molar-refractivity contribution >= 4 is 11.6 Å². The van der Waals surface area contributed by atoms with Crippen LogP contribution in [0.5, 0.6) is 0 Å². The van der Waals surface area contributed by atoms with Crippen molar-refractivity contribution in [3.63, 3.8) is 0 Å². The summed E-state index contributed by atoms with van der Waals surface area (Å²) in [5.41, 5.74) is 4.14. The standard InChI is InChI=1S/C16H12ClNO/c17-11-15-10-16(19-18-15)14-8-6-13(7-9-14)12-4-2-1-3-5-12/h1-10H,11H2. The Labute approximate surface area is 116 Å². The molecule has 2 nitrogen and oxygen atoms in total. The maximum absolute atomic E-state index is 5.71. The summed E-state index contributed by atoms with van der Waals surface area (Å²) in [6, 6.07) is 20.3. The van der Waals surface area contributed by atoms with Crippen molar-refractivity contribution in [3.05, 3.63) is 66.4 Å². The Hall–Kier alpha value is -2.06.